The highest BCUT2D eigenvalue weighted by Gasteiger charge is 2.14. The monoisotopic (exact) mass is 291 g/mol. The molecular weight excluding hydrogens is 262 g/mol. The van der Waals surface area contributed by atoms with E-state index in [1.807, 2.05) is 0 Å². The molecule has 1 saturated heterocycles. The van der Waals surface area contributed by atoms with Crippen LogP contribution in [-0.2, 0) is 0 Å². The minimum atomic E-state index is 0.335. The van der Waals surface area contributed by atoms with E-state index in [1.165, 1.54) is 25.9 Å². The summed E-state index contributed by atoms with van der Waals surface area (Å²) >= 11 is 0. The molecule has 0 aromatic carbocycles. The van der Waals surface area contributed by atoms with E-state index in [4.69, 9.17) is 4.98 Å². The first-order valence-corrected chi connectivity index (χ1v) is 8.20. The predicted molar refractivity (Wildman–Crippen MR) is 89.2 cm³/mol. The third-order valence-electron chi connectivity index (χ3n) is 3.94. The molecule has 1 aromatic rings. The van der Waals surface area contributed by atoms with Gasteiger partial charge in [0, 0.05) is 31.1 Å². The van der Waals surface area contributed by atoms with E-state index in [2.05, 4.69) is 48.2 Å². The fourth-order valence-electron chi connectivity index (χ4n) is 2.64. The summed E-state index contributed by atoms with van der Waals surface area (Å²) in [5.74, 6) is 3.17. The molecule has 2 heterocycles. The van der Waals surface area contributed by atoms with E-state index < -0.39 is 0 Å². The molecule has 0 unspecified atom stereocenters. The lowest BCUT2D eigenvalue weighted by Crippen LogP contribution is -2.26. The molecule has 2 rings (SSSR count). The summed E-state index contributed by atoms with van der Waals surface area (Å²) in [4.78, 5) is 11.8. The fraction of sp³-hybridized carbons (Fsp3) is 0.750. The second-order valence-electron chi connectivity index (χ2n) is 6.06. The van der Waals surface area contributed by atoms with Crippen LogP contribution >= 0.6 is 0 Å². The molecule has 0 amide bonds. The quantitative estimate of drug-likeness (QED) is 0.809. The average molecular weight is 291 g/mol. The third kappa shape index (κ3) is 4.30. The van der Waals surface area contributed by atoms with Crippen LogP contribution in [0.1, 0.15) is 50.9 Å². The highest BCUT2D eigenvalue weighted by atomic mass is 15.2. The van der Waals surface area contributed by atoms with Crippen molar-refractivity contribution in [3.63, 3.8) is 0 Å². The van der Waals surface area contributed by atoms with E-state index in [0.29, 0.717) is 5.92 Å². The maximum atomic E-state index is 4.70. The van der Waals surface area contributed by atoms with Crippen LogP contribution in [0, 0.1) is 6.92 Å². The first-order chi connectivity index (χ1) is 10.1. The van der Waals surface area contributed by atoms with Crippen molar-refractivity contribution in [1.82, 2.24) is 14.9 Å². The Morgan fingerprint density at radius 1 is 1.10 bits per heavy atom. The fourth-order valence-corrected chi connectivity index (χ4v) is 2.64. The number of hydrogen-bond acceptors (Lipinski definition) is 5. The van der Waals surface area contributed by atoms with Crippen LogP contribution in [0.15, 0.2) is 0 Å². The molecule has 5 nitrogen and oxygen atoms in total. The van der Waals surface area contributed by atoms with Crippen LogP contribution < -0.4 is 10.6 Å². The van der Waals surface area contributed by atoms with Crippen LogP contribution in [0.4, 0.5) is 11.6 Å². The summed E-state index contributed by atoms with van der Waals surface area (Å²) in [6.45, 7) is 13.8. The SMILES string of the molecule is CCNc1nc(C(C)C)nc(NCCN2CCCC2)c1C. The van der Waals surface area contributed by atoms with Crippen molar-refractivity contribution >= 4 is 11.6 Å². The first kappa shape index (κ1) is 16.0. The highest BCUT2D eigenvalue weighted by molar-refractivity contribution is 5.57. The van der Waals surface area contributed by atoms with E-state index in [1.54, 1.807) is 0 Å². The molecule has 0 saturated carbocycles. The van der Waals surface area contributed by atoms with E-state index >= 15 is 0 Å². The van der Waals surface area contributed by atoms with Gasteiger partial charge in [-0.25, -0.2) is 9.97 Å². The topological polar surface area (TPSA) is 53.1 Å². The molecule has 5 heteroatoms. The molecule has 0 atom stereocenters. The van der Waals surface area contributed by atoms with Crippen molar-refractivity contribution in [2.24, 2.45) is 0 Å². The summed E-state index contributed by atoms with van der Waals surface area (Å²) in [6, 6.07) is 0. The Bertz CT molecular complexity index is 452. The van der Waals surface area contributed by atoms with Gasteiger partial charge in [-0.3, -0.25) is 0 Å². The summed E-state index contributed by atoms with van der Waals surface area (Å²) in [6.07, 6.45) is 2.68. The van der Waals surface area contributed by atoms with Crippen molar-refractivity contribution in [2.45, 2.75) is 46.5 Å². The number of nitrogens with one attached hydrogen (secondary N) is 2. The Labute approximate surface area is 128 Å². The van der Waals surface area contributed by atoms with Gasteiger partial charge >= 0.3 is 0 Å². The predicted octanol–water partition coefficient (Wildman–Crippen LogP) is 2.85. The van der Waals surface area contributed by atoms with Gasteiger partial charge in [0.1, 0.15) is 17.5 Å². The number of anilines is 2. The van der Waals surface area contributed by atoms with Gasteiger partial charge in [0.15, 0.2) is 0 Å². The van der Waals surface area contributed by atoms with E-state index in [9.17, 15) is 0 Å². The van der Waals surface area contributed by atoms with Crippen molar-refractivity contribution in [3.8, 4) is 0 Å². The number of nitrogens with zero attached hydrogens (tertiary/aromatic N) is 3. The normalized spacial score (nSPS) is 15.7. The van der Waals surface area contributed by atoms with Gasteiger partial charge in [0.2, 0.25) is 0 Å². The molecule has 0 aliphatic carbocycles. The summed E-state index contributed by atoms with van der Waals surface area (Å²) in [5, 5.41) is 6.84. The third-order valence-corrected chi connectivity index (χ3v) is 3.94. The zero-order valence-corrected chi connectivity index (χ0v) is 13.9. The summed E-state index contributed by atoms with van der Waals surface area (Å²) in [5.41, 5.74) is 1.11. The second-order valence-corrected chi connectivity index (χ2v) is 6.06. The molecule has 1 aromatic heterocycles. The largest absolute Gasteiger partial charge is 0.370 e. The smallest absolute Gasteiger partial charge is 0.135 e. The Hall–Kier alpha value is -1.36. The molecule has 1 aliphatic heterocycles. The second kappa shape index (κ2) is 7.59. The van der Waals surface area contributed by atoms with Crippen molar-refractivity contribution in [3.05, 3.63) is 11.4 Å². The molecule has 1 fully saturated rings. The lowest BCUT2D eigenvalue weighted by Gasteiger charge is -2.18. The maximum Gasteiger partial charge on any atom is 0.135 e. The van der Waals surface area contributed by atoms with Crippen LogP contribution in [0.3, 0.4) is 0 Å². The zero-order valence-electron chi connectivity index (χ0n) is 13.9. The van der Waals surface area contributed by atoms with Crippen molar-refractivity contribution in [1.29, 1.82) is 0 Å². The molecule has 0 spiro atoms. The molecule has 2 N–H and O–H groups in total. The van der Waals surface area contributed by atoms with Crippen molar-refractivity contribution in [2.75, 3.05) is 43.4 Å². The minimum Gasteiger partial charge on any atom is -0.370 e. The minimum absolute atomic E-state index is 0.335. The average Bonchev–Trinajstić information content (AvgIpc) is 2.96. The van der Waals surface area contributed by atoms with Crippen LogP contribution in [0.2, 0.25) is 0 Å². The summed E-state index contributed by atoms with van der Waals surface area (Å²) < 4.78 is 0. The van der Waals surface area contributed by atoms with Crippen LogP contribution in [0.5, 0.6) is 0 Å². The van der Waals surface area contributed by atoms with Gasteiger partial charge in [-0.05, 0) is 39.8 Å². The summed E-state index contributed by atoms with van der Waals surface area (Å²) in [7, 11) is 0. The number of rotatable bonds is 7. The Morgan fingerprint density at radius 3 is 2.29 bits per heavy atom. The van der Waals surface area contributed by atoms with Crippen LogP contribution in [0.25, 0.3) is 0 Å². The van der Waals surface area contributed by atoms with E-state index in [-0.39, 0.29) is 0 Å². The standard InChI is InChI=1S/C16H29N5/c1-5-17-15-13(4)16(20-14(19-15)12(2)3)18-8-11-21-9-6-7-10-21/h12H,5-11H2,1-4H3,(H2,17,18,19,20). The lowest BCUT2D eigenvalue weighted by molar-refractivity contribution is 0.352. The van der Waals surface area contributed by atoms with Gasteiger partial charge < -0.3 is 15.5 Å². The zero-order chi connectivity index (χ0) is 15.2. The molecule has 1 aliphatic rings. The van der Waals surface area contributed by atoms with Crippen LogP contribution in [-0.4, -0.2) is 47.6 Å². The number of aromatic nitrogens is 2. The Morgan fingerprint density at radius 2 is 1.71 bits per heavy atom. The molecule has 0 bridgehead atoms. The van der Waals surface area contributed by atoms with Crippen molar-refractivity contribution < 1.29 is 0 Å². The molecule has 118 valence electrons. The van der Waals surface area contributed by atoms with Gasteiger partial charge in [-0.1, -0.05) is 13.8 Å². The van der Waals surface area contributed by atoms with Gasteiger partial charge in [0.05, 0.1) is 0 Å². The van der Waals surface area contributed by atoms with Gasteiger partial charge in [-0.15, -0.1) is 0 Å². The number of hydrogen-bond donors (Lipinski definition) is 2. The Balaban J connectivity index is 2.05. The first-order valence-electron chi connectivity index (χ1n) is 8.20. The van der Waals surface area contributed by atoms with E-state index in [0.717, 1.165) is 42.7 Å². The van der Waals surface area contributed by atoms with Gasteiger partial charge in [-0.2, -0.15) is 0 Å². The molecule has 21 heavy (non-hydrogen) atoms. The lowest BCUT2D eigenvalue weighted by atomic mass is 10.2. The molecular formula is C16H29N5. The number of likely N-dealkylation sites (tertiary alicyclic amines) is 1. The highest BCUT2D eigenvalue weighted by Crippen LogP contribution is 2.23. The molecule has 0 radical (unpaired) electrons. The maximum absolute atomic E-state index is 4.70. The van der Waals surface area contributed by atoms with Gasteiger partial charge in [0.25, 0.3) is 0 Å². The Kier molecular flexibility index (Phi) is 5.79.